The van der Waals surface area contributed by atoms with Crippen molar-refractivity contribution in [2.75, 3.05) is 23.9 Å². The van der Waals surface area contributed by atoms with Crippen molar-refractivity contribution in [2.24, 2.45) is 0 Å². The molecule has 9 unspecified atom stereocenters. The summed E-state index contributed by atoms with van der Waals surface area (Å²) < 4.78 is 43.5. The summed E-state index contributed by atoms with van der Waals surface area (Å²) in [6.07, 6.45) is 3.17. The van der Waals surface area contributed by atoms with Crippen LogP contribution in [0.4, 0.5) is 14.5 Å². The molecule has 3 fully saturated rings. The molecule has 0 aromatic heterocycles. The molecule has 0 spiro atoms. The molecular formula is C45H55F2NO9S. The van der Waals surface area contributed by atoms with Gasteiger partial charge in [0.15, 0.2) is 6.29 Å². The maximum Gasteiger partial charge on any atom is 0.229 e. The highest BCUT2D eigenvalue weighted by molar-refractivity contribution is 7.99. The number of β-lactam (4-membered cyclic amide) rings is 1. The van der Waals surface area contributed by atoms with Crippen molar-refractivity contribution in [1.82, 2.24) is 0 Å². The van der Waals surface area contributed by atoms with Gasteiger partial charge in [-0.1, -0.05) is 49.4 Å². The van der Waals surface area contributed by atoms with E-state index < -0.39 is 42.9 Å². The summed E-state index contributed by atoms with van der Waals surface area (Å²) in [6, 6.07) is 19.9. The lowest BCUT2D eigenvalue weighted by Gasteiger charge is -2.42. The summed E-state index contributed by atoms with van der Waals surface area (Å²) in [5.74, 6) is -0.0366. The van der Waals surface area contributed by atoms with E-state index in [0.29, 0.717) is 43.5 Å². The molecule has 13 heteroatoms. The normalized spacial score (nSPS) is 27.0. The van der Waals surface area contributed by atoms with E-state index in [1.165, 1.54) is 24.3 Å². The third kappa shape index (κ3) is 12.4. The van der Waals surface area contributed by atoms with Gasteiger partial charge in [0.1, 0.15) is 23.8 Å². The number of hydrogen-bond acceptors (Lipinski definition) is 10. The van der Waals surface area contributed by atoms with Gasteiger partial charge in [-0.15, -0.1) is 18.3 Å². The smallest absolute Gasteiger partial charge is 0.229 e. The predicted octanol–water partition coefficient (Wildman–Crippen LogP) is 6.65. The van der Waals surface area contributed by atoms with Gasteiger partial charge in [0, 0.05) is 35.6 Å². The van der Waals surface area contributed by atoms with Crippen LogP contribution in [0.2, 0.25) is 0 Å². The lowest BCUT2D eigenvalue weighted by atomic mass is 9.90. The quantitative estimate of drug-likeness (QED) is 0.0488. The van der Waals surface area contributed by atoms with Crippen LogP contribution >= 0.6 is 11.8 Å². The van der Waals surface area contributed by atoms with Crippen LogP contribution in [0.1, 0.15) is 69.6 Å². The number of rotatable bonds is 15. The van der Waals surface area contributed by atoms with Crippen LogP contribution in [0.25, 0.3) is 5.57 Å². The molecule has 3 aromatic rings. The van der Waals surface area contributed by atoms with E-state index >= 15 is 0 Å². The summed E-state index contributed by atoms with van der Waals surface area (Å²) in [4.78, 5) is 15.2. The van der Waals surface area contributed by atoms with E-state index in [0.717, 1.165) is 27.2 Å². The number of nitrogens with zero attached hydrogens (tertiary/aromatic N) is 1. The Bertz CT molecular complexity index is 1820. The molecule has 9 atom stereocenters. The van der Waals surface area contributed by atoms with Crippen molar-refractivity contribution in [1.29, 1.82) is 0 Å². The van der Waals surface area contributed by atoms with Gasteiger partial charge in [0.2, 0.25) is 5.91 Å². The molecule has 58 heavy (non-hydrogen) atoms. The average molecular weight is 824 g/mol. The van der Waals surface area contributed by atoms with Gasteiger partial charge in [0.25, 0.3) is 0 Å². The Labute approximate surface area is 343 Å². The van der Waals surface area contributed by atoms with Crippen LogP contribution in [0, 0.1) is 11.6 Å². The number of aliphatic hydroxyl groups excluding tert-OH is 5. The fourth-order valence-electron chi connectivity index (χ4n) is 7.16. The number of allylic oxidation sites excluding steroid dienone is 4. The van der Waals surface area contributed by atoms with E-state index in [9.17, 15) is 39.1 Å². The maximum absolute atomic E-state index is 13.4. The molecule has 3 heterocycles. The van der Waals surface area contributed by atoms with Crippen molar-refractivity contribution in [3.63, 3.8) is 0 Å². The van der Waals surface area contributed by atoms with Crippen molar-refractivity contribution < 1.29 is 53.3 Å². The second-order valence-corrected chi connectivity index (χ2v) is 15.8. The van der Waals surface area contributed by atoms with Crippen molar-refractivity contribution >= 4 is 28.9 Å². The molecule has 10 nitrogen and oxygen atoms in total. The number of benzene rings is 3. The first-order chi connectivity index (χ1) is 27.9. The Kier molecular flexibility index (Phi) is 17.2. The molecule has 314 valence electrons. The van der Waals surface area contributed by atoms with Gasteiger partial charge in [-0.3, -0.25) is 4.79 Å². The highest BCUT2D eigenvalue weighted by atomic mass is 32.2. The lowest BCUT2D eigenvalue weighted by molar-refractivity contribution is -0.284. The lowest BCUT2D eigenvalue weighted by Crippen LogP contribution is -2.54. The highest BCUT2D eigenvalue weighted by Crippen LogP contribution is 2.35. The monoisotopic (exact) mass is 823 g/mol. The minimum Gasteiger partial charge on any atom is -0.394 e. The van der Waals surface area contributed by atoms with E-state index in [1.807, 2.05) is 56.3 Å². The third-order valence-electron chi connectivity index (χ3n) is 10.4. The first-order valence-corrected chi connectivity index (χ1v) is 20.7. The molecule has 3 aliphatic rings. The number of halogens is 2. The number of carbonyl (C=O) groups is 1. The van der Waals surface area contributed by atoms with Gasteiger partial charge in [-0.2, -0.15) is 0 Å². The molecule has 3 aromatic carbocycles. The van der Waals surface area contributed by atoms with Crippen LogP contribution in [-0.2, 0) is 19.0 Å². The number of hydrogen-bond donors (Lipinski definition) is 5. The molecular weight excluding hydrogens is 769 g/mol. The Morgan fingerprint density at radius 1 is 0.931 bits per heavy atom. The van der Waals surface area contributed by atoms with Gasteiger partial charge in [0.05, 0.1) is 56.2 Å². The van der Waals surface area contributed by atoms with Gasteiger partial charge in [-0.05, 0) is 90.6 Å². The fourth-order valence-corrected chi connectivity index (χ4v) is 8.09. The summed E-state index contributed by atoms with van der Waals surface area (Å²) >= 11 is 1.59. The van der Waals surface area contributed by atoms with Crippen molar-refractivity contribution in [3.05, 3.63) is 126 Å². The van der Waals surface area contributed by atoms with E-state index in [2.05, 4.69) is 6.58 Å². The number of amides is 1. The first kappa shape index (κ1) is 45.3. The largest absolute Gasteiger partial charge is 0.394 e. The SMILES string of the molecule is C=CC/C(=C\C=C(/C)c1ccc(SCC2CC(O)C(OC3CC(O)CC(CO)O3)C(CO)O2)cc1)C1CC(=O)N1c1ccc(F)cc1.CCC(O)c1ccc(F)cc1. The Balaban J connectivity index is 0.000000503. The molecule has 0 bridgehead atoms. The Hall–Kier alpha value is -3.76. The standard InChI is InChI=1S/C36H44FNO8S.C9H11FO/c1-3-4-24(31-18-34(43)38(31)26-11-9-25(37)10-12-26)6-5-22(2)23-7-13-30(14-8-23)47-21-29-17-32(42)36(33(20-40)44-29)46-35-16-27(41)15-28(19-39)45-35;1-2-9(11)7-3-5-8(10)6-4-7/h3,5-14,27-29,31-33,35-36,39-42H,1,4,15-21H2,2H3;3-6,9,11H,2H2,1H3/b22-5+,24-6+;. The molecule has 6 rings (SSSR count). The van der Waals surface area contributed by atoms with Crippen molar-refractivity contribution in [3.8, 4) is 0 Å². The zero-order chi connectivity index (χ0) is 41.8. The molecule has 3 aliphatic heterocycles. The molecule has 3 saturated heterocycles. The molecule has 1 amide bonds. The third-order valence-corrected chi connectivity index (χ3v) is 11.6. The van der Waals surface area contributed by atoms with Gasteiger partial charge >= 0.3 is 0 Å². The van der Waals surface area contributed by atoms with Crippen LogP contribution in [0.15, 0.2) is 108 Å². The van der Waals surface area contributed by atoms with Gasteiger partial charge < -0.3 is 44.6 Å². The summed E-state index contributed by atoms with van der Waals surface area (Å²) in [7, 11) is 0. The van der Waals surface area contributed by atoms with E-state index in [1.54, 1.807) is 40.9 Å². The second-order valence-electron chi connectivity index (χ2n) is 14.7. The fraction of sp³-hybridized carbons (Fsp3) is 0.444. The van der Waals surface area contributed by atoms with Crippen LogP contribution in [0.3, 0.4) is 0 Å². The summed E-state index contributed by atoms with van der Waals surface area (Å²) in [5.41, 5.74) is 4.60. The van der Waals surface area contributed by atoms with Crippen LogP contribution < -0.4 is 4.90 Å². The van der Waals surface area contributed by atoms with Crippen LogP contribution in [-0.4, -0.2) is 99.4 Å². The zero-order valence-corrected chi connectivity index (χ0v) is 33.7. The minimum absolute atomic E-state index is 0.00486. The molecule has 0 radical (unpaired) electrons. The number of carbonyl (C=O) groups excluding carboxylic acids is 1. The minimum atomic E-state index is -0.892. The maximum atomic E-state index is 13.4. The second kappa shape index (κ2) is 22.0. The molecule has 5 N–H and O–H groups in total. The highest BCUT2D eigenvalue weighted by Gasteiger charge is 2.42. The Morgan fingerprint density at radius 3 is 2.21 bits per heavy atom. The molecule has 0 aliphatic carbocycles. The van der Waals surface area contributed by atoms with Gasteiger partial charge in [-0.25, -0.2) is 8.78 Å². The Morgan fingerprint density at radius 2 is 1.60 bits per heavy atom. The topological polar surface area (TPSA) is 149 Å². The average Bonchev–Trinajstić information content (AvgIpc) is 3.22. The number of aliphatic hydroxyl groups is 5. The summed E-state index contributed by atoms with van der Waals surface area (Å²) in [5, 5.41) is 49.7. The predicted molar refractivity (Wildman–Crippen MR) is 220 cm³/mol. The first-order valence-electron chi connectivity index (χ1n) is 19.7. The number of anilines is 1. The molecule has 0 saturated carbocycles. The van der Waals surface area contributed by atoms with E-state index in [4.69, 9.17) is 14.2 Å². The number of thioether (sulfide) groups is 1. The van der Waals surface area contributed by atoms with E-state index in [-0.39, 0.29) is 49.3 Å². The zero-order valence-electron chi connectivity index (χ0n) is 32.9. The number of ether oxygens (including phenoxy) is 3. The van der Waals surface area contributed by atoms with Crippen molar-refractivity contribution in [2.45, 2.75) is 112 Å². The van der Waals surface area contributed by atoms with Crippen LogP contribution in [0.5, 0.6) is 0 Å². The summed E-state index contributed by atoms with van der Waals surface area (Å²) in [6.45, 7) is 7.22.